The van der Waals surface area contributed by atoms with E-state index in [4.69, 9.17) is 9.52 Å². The zero-order chi connectivity index (χ0) is 15.5. The molecular weight excluding hydrogens is 358 g/mol. The molecule has 5 nitrogen and oxygen atoms in total. The lowest BCUT2D eigenvalue weighted by atomic mass is 10.2. The molecule has 114 valence electrons. The minimum atomic E-state index is -3.64. The topological polar surface area (TPSA) is 79.5 Å². The lowest BCUT2D eigenvalue weighted by Gasteiger charge is -2.14. The first-order chi connectivity index (χ1) is 9.92. The predicted molar refractivity (Wildman–Crippen MR) is 82.3 cm³/mol. The predicted octanol–water partition coefficient (Wildman–Crippen LogP) is 2.44. The van der Waals surface area contributed by atoms with E-state index in [1.165, 1.54) is 6.07 Å². The summed E-state index contributed by atoms with van der Waals surface area (Å²) in [7, 11) is -3.64. The summed E-state index contributed by atoms with van der Waals surface area (Å²) in [6.45, 7) is 1.64. The number of sulfonamides is 1. The molecule has 0 aliphatic rings. The van der Waals surface area contributed by atoms with Crippen molar-refractivity contribution in [1.29, 1.82) is 0 Å². The van der Waals surface area contributed by atoms with Crippen LogP contribution in [0.2, 0.25) is 0 Å². The van der Waals surface area contributed by atoms with Gasteiger partial charge in [0.05, 0.1) is 17.8 Å². The van der Waals surface area contributed by atoms with Gasteiger partial charge in [0.15, 0.2) is 0 Å². The summed E-state index contributed by atoms with van der Waals surface area (Å²) in [6, 6.07) is 7.91. The molecule has 0 saturated carbocycles. The summed E-state index contributed by atoms with van der Waals surface area (Å²) in [6.07, 6.45) is 2.03. The Kier molecular flexibility index (Phi) is 5.21. The SMILES string of the molecule is CC(Cc1ccco1)NS(=O)(=O)c1ccc(CO)cc1Br. The van der Waals surface area contributed by atoms with Crippen LogP contribution in [0.15, 0.2) is 50.4 Å². The number of hydrogen-bond donors (Lipinski definition) is 2. The Balaban J connectivity index is 2.14. The van der Waals surface area contributed by atoms with Crippen LogP contribution in [0.5, 0.6) is 0 Å². The number of aliphatic hydroxyl groups excluding tert-OH is 1. The Morgan fingerprint density at radius 1 is 1.38 bits per heavy atom. The third-order valence-corrected chi connectivity index (χ3v) is 5.48. The number of rotatable bonds is 6. The minimum Gasteiger partial charge on any atom is -0.469 e. The molecule has 0 aliphatic heterocycles. The highest BCUT2D eigenvalue weighted by Gasteiger charge is 2.21. The highest BCUT2D eigenvalue weighted by Crippen LogP contribution is 2.23. The van der Waals surface area contributed by atoms with Crippen LogP contribution in [-0.2, 0) is 23.1 Å². The van der Waals surface area contributed by atoms with Crippen molar-refractivity contribution in [3.05, 3.63) is 52.4 Å². The standard InChI is InChI=1S/C14H16BrNO4S/c1-10(7-12-3-2-6-20-12)16-21(18,19)14-5-4-11(9-17)8-13(14)15/h2-6,8,10,16-17H,7,9H2,1H3. The van der Waals surface area contributed by atoms with Gasteiger partial charge in [-0.1, -0.05) is 6.07 Å². The quantitative estimate of drug-likeness (QED) is 0.814. The molecule has 1 atom stereocenters. The van der Waals surface area contributed by atoms with E-state index in [0.717, 1.165) is 5.76 Å². The molecule has 2 rings (SSSR count). The van der Waals surface area contributed by atoms with Gasteiger partial charge >= 0.3 is 0 Å². The number of nitrogens with one attached hydrogen (secondary N) is 1. The molecule has 2 N–H and O–H groups in total. The zero-order valence-corrected chi connectivity index (χ0v) is 13.8. The molecule has 1 aromatic heterocycles. The van der Waals surface area contributed by atoms with E-state index in [-0.39, 0.29) is 17.5 Å². The maximum atomic E-state index is 12.4. The van der Waals surface area contributed by atoms with Gasteiger partial charge < -0.3 is 9.52 Å². The van der Waals surface area contributed by atoms with Crippen LogP contribution in [0, 0.1) is 0 Å². The van der Waals surface area contributed by atoms with Crippen molar-refractivity contribution in [3.63, 3.8) is 0 Å². The van der Waals surface area contributed by atoms with Crippen LogP contribution < -0.4 is 4.72 Å². The van der Waals surface area contributed by atoms with E-state index in [1.54, 1.807) is 37.5 Å². The number of benzene rings is 1. The average Bonchev–Trinajstić information content (AvgIpc) is 2.90. The Morgan fingerprint density at radius 3 is 2.71 bits per heavy atom. The van der Waals surface area contributed by atoms with Gasteiger partial charge in [-0.3, -0.25) is 0 Å². The maximum absolute atomic E-state index is 12.4. The molecule has 0 bridgehead atoms. The molecular formula is C14H16BrNO4S. The first-order valence-electron chi connectivity index (χ1n) is 6.36. The van der Waals surface area contributed by atoms with Crippen LogP contribution in [0.25, 0.3) is 0 Å². The molecule has 0 saturated heterocycles. The van der Waals surface area contributed by atoms with Gasteiger partial charge in [0.2, 0.25) is 10.0 Å². The molecule has 1 aromatic carbocycles. The molecule has 0 aliphatic carbocycles. The first kappa shape index (κ1) is 16.2. The Hall–Kier alpha value is -1.15. The monoisotopic (exact) mass is 373 g/mol. The maximum Gasteiger partial charge on any atom is 0.241 e. The van der Waals surface area contributed by atoms with E-state index in [2.05, 4.69) is 20.7 Å². The highest BCUT2D eigenvalue weighted by atomic mass is 79.9. The molecule has 0 spiro atoms. The van der Waals surface area contributed by atoms with Crippen LogP contribution in [0.3, 0.4) is 0 Å². The fraction of sp³-hybridized carbons (Fsp3) is 0.286. The number of furan rings is 1. The summed E-state index contributed by atoms with van der Waals surface area (Å²) < 4.78 is 33.0. The van der Waals surface area contributed by atoms with Gasteiger partial charge in [0.25, 0.3) is 0 Å². The molecule has 0 amide bonds. The van der Waals surface area contributed by atoms with Crippen molar-refractivity contribution >= 4 is 26.0 Å². The van der Waals surface area contributed by atoms with Crippen molar-refractivity contribution < 1.29 is 17.9 Å². The summed E-state index contributed by atoms with van der Waals surface area (Å²) in [5.41, 5.74) is 0.643. The fourth-order valence-electron chi connectivity index (χ4n) is 1.96. The molecule has 2 aromatic rings. The lowest BCUT2D eigenvalue weighted by Crippen LogP contribution is -2.34. The summed E-state index contributed by atoms with van der Waals surface area (Å²) >= 11 is 3.23. The molecule has 7 heteroatoms. The lowest BCUT2D eigenvalue weighted by molar-refractivity contribution is 0.281. The first-order valence-corrected chi connectivity index (χ1v) is 8.64. The summed E-state index contributed by atoms with van der Waals surface area (Å²) in [5.74, 6) is 0.722. The third-order valence-electron chi connectivity index (χ3n) is 2.91. The van der Waals surface area contributed by atoms with Crippen LogP contribution in [-0.4, -0.2) is 19.6 Å². The van der Waals surface area contributed by atoms with E-state index in [9.17, 15) is 8.42 Å². The van der Waals surface area contributed by atoms with Gasteiger partial charge in [0.1, 0.15) is 5.76 Å². The normalized spacial score (nSPS) is 13.3. The van der Waals surface area contributed by atoms with E-state index in [0.29, 0.717) is 16.5 Å². The van der Waals surface area contributed by atoms with Crippen molar-refractivity contribution in [2.45, 2.75) is 30.9 Å². The van der Waals surface area contributed by atoms with E-state index < -0.39 is 10.0 Å². The average molecular weight is 374 g/mol. The highest BCUT2D eigenvalue weighted by molar-refractivity contribution is 9.10. The van der Waals surface area contributed by atoms with Gasteiger partial charge in [-0.15, -0.1) is 0 Å². The van der Waals surface area contributed by atoms with E-state index in [1.807, 2.05) is 0 Å². The second-order valence-corrected chi connectivity index (χ2v) is 7.27. The number of aliphatic hydroxyl groups is 1. The molecule has 0 radical (unpaired) electrons. The second kappa shape index (κ2) is 6.74. The summed E-state index contributed by atoms with van der Waals surface area (Å²) in [5, 5.41) is 9.05. The van der Waals surface area contributed by atoms with Gasteiger partial charge in [0, 0.05) is 16.9 Å². The van der Waals surface area contributed by atoms with Gasteiger partial charge in [-0.2, -0.15) is 0 Å². The Bertz CT molecular complexity index is 698. The Morgan fingerprint density at radius 2 is 2.14 bits per heavy atom. The molecule has 1 unspecified atom stereocenters. The van der Waals surface area contributed by atoms with Crippen molar-refractivity contribution in [1.82, 2.24) is 4.72 Å². The van der Waals surface area contributed by atoms with Crippen LogP contribution in [0.1, 0.15) is 18.2 Å². The second-order valence-electron chi connectivity index (χ2n) is 4.73. The summed E-state index contributed by atoms with van der Waals surface area (Å²) in [4.78, 5) is 0.144. The van der Waals surface area contributed by atoms with Crippen molar-refractivity contribution in [3.8, 4) is 0 Å². The Labute approximate surface area is 132 Å². The zero-order valence-electron chi connectivity index (χ0n) is 11.4. The van der Waals surface area contributed by atoms with E-state index >= 15 is 0 Å². The smallest absolute Gasteiger partial charge is 0.241 e. The molecule has 1 heterocycles. The van der Waals surface area contributed by atoms with Gasteiger partial charge in [-0.05, 0) is 52.7 Å². The molecule has 0 fully saturated rings. The third kappa shape index (κ3) is 4.16. The number of hydrogen-bond acceptors (Lipinski definition) is 4. The number of halogens is 1. The fourth-order valence-corrected chi connectivity index (χ4v) is 4.33. The van der Waals surface area contributed by atoms with Crippen LogP contribution in [0.4, 0.5) is 0 Å². The van der Waals surface area contributed by atoms with Crippen molar-refractivity contribution in [2.75, 3.05) is 0 Å². The van der Waals surface area contributed by atoms with Crippen molar-refractivity contribution in [2.24, 2.45) is 0 Å². The largest absolute Gasteiger partial charge is 0.469 e. The molecule has 21 heavy (non-hydrogen) atoms. The van der Waals surface area contributed by atoms with Gasteiger partial charge in [-0.25, -0.2) is 13.1 Å². The minimum absolute atomic E-state index is 0.138. The van der Waals surface area contributed by atoms with Crippen LogP contribution >= 0.6 is 15.9 Å².